The third kappa shape index (κ3) is 3.70. The monoisotopic (exact) mass is 262 g/mol. The fourth-order valence-corrected chi connectivity index (χ4v) is 2.56. The molecule has 0 saturated heterocycles. The lowest BCUT2D eigenvalue weighted by molar-refractivity contribution is 0.0940. The molecule has 4 heteroatoms. The van der Waals surface area contributed by atoms with Crippen molar-refractivity contribution in [3.63, 3.8) is 0 Å². The van der Waals surface area contributed by atoms with Crippen molar-refractivity contribution in [1.82, 2.24) is 5.32 Å². The van der Waals surface area contributed by atoms with Gasteiger partial charge in [0.05, 0.1) is 12.7 Å². The van der Waals surface area contributed by atoms with Gasteiger partial charge in [-0.1, -0.05) is 12.1 Å². The zero-order valence-corrected chi connectivity index (χ0v) is 11.4. The van der Waals surface area contributed by atoms with E-state index in [9.17, 15) is 4.79 Å². The second-order valence-corrected chi connectivity index (χ2v) is 5.19. The van der Waals surface area contributed by atoms with Crippen molar-refractivity contribution in [2.24, 2.45) is 11.7 Å². The molecule has 1 saturated carbocycles. The highest BCUT2D eigenvalue weighted by Crippen LogP contribution is 2.23. The van der Waals surface area contributed by atoms with E-state index in [-0.39, 0.29) is 5.91 Å². The van der Waals surface area contributed by atoms with Crippen molar-refractivity contribution in [3.8, 4) is 5.75 Å². The lowest BCUT2D eigenvalue weighted by atomic mass is 9.86. The van der Waals surface area contributed by atoms with Gasteiger partial charge in [0, 0.05) is 12.6 Å². The molecular weight excluding hydrogens is 240 g/mol. The zero-order chi connectivity index (χ0) is 13.7. The van der Waals surface area contributed by atoms with E-state index < -0.39 is 0 Å². The predicted octanol–water partition coefficient (Wildman–Crippen LogP) is 1.94. The van der Waals surface area contributed by atoms with Crippen LogP contribution in [0.25, 0.3) is 0 Å². The number of amides is 1. The Labute approximate surface area is 114 Å². The summed E-state index contributed by atoms with van der Waals surface area (Å²) in [6.45, 7) is 0.726. The summed E-state index contributed by atoms with van der Waals surface area (Å²) in [6, 6.07) is 7.63. The highest BCUT2D eigenvalue weighted by atomic mass is 16.5. The molecule has 1 amide bonds. The molecular formula is C15H22N2O2. The number of ether oxygens (including phenoxy) is 1. The Balaban J connectivity index is 1.87. The van der Waals surface area contributed by atoms with Crippen molar-refractivity contribution < 1.29 is 9.53 Å². The van der Waals surface area contributed by atoms with E-state index in [0.717, 1.165) is 32.2 Å². The molecule has 1 aliphatic rings. The van der Waals surface area contributed by atoms with Crippen LogP contribution in [0.4, 0.5) is 0 Å². The molecule has 0 unspecified atom stereocenters. The maximum atomic E-state index is 12.1. The molecule has 2 rings (SSSR count). The van der Waals surface area contributed by atoms with Crippen LogP contribution < -0.4 is 15.8 Å². The van der Waals surface area contributed by atoms with Gasteiger partial charge in [0.15, 0.2) is 0 Å². The maximum absolute atomic E-state index is 12.1. The third-order valence-corrected chi connectivity index (χ3v) is 3.79. The van der Waals surface area contributed by atoms with Crippen LogP contribution in [0.2, 0.25) is 0 Å². The maximum Gasteiger partial charge on any atom is 0.255 e. The Kier molecular flexibility index (Phi) is 4.80. The Morgan fingerprint density at radius 1 is 1.32 bits per heavy atom. The van der Waals surface area contributed by atoms with Gasteiger partial charge in [-0.05, 0) is 43.7 Å². The number of nitrogens with two attached hydrogens (primary N) is 1. The standard InChI is InChI=1S/C15H22N2O2/c1-19-14-5-3-2-4-13(14)15(18)17-10-11-6-8-12(16)9-7-11/h2-5,11-12H,6-10,16H2,1H3,(H,17,18). The Morgan fingerprint density at radius 2 is 2.00 bits per heavy atom. The summed E-state index contributed by atoms with van der Waals surface area (Å²) >= 11 is 0. The molecule has 0 spiro atoms. The fraction of sp³-hybridized carbons (Fsp3) is 0.533. The first kappa shape index (κ1) is 13.9. The van der Waals surface area contributed by atoms with Crippen LogP contribution in [-0.2, 0) is 0 Å². The molecule has 104 valence electrons. The van der Waals surface area contributed by atoms with E-state index in [1.807, 2.05) is 12.1 Å². The van der Waals surface area contributed by atoms with Gasteiger partial charge in [0.1, 0.15) is 5.75 Å². The minimum Gasteiger partial charge on any atom is -0.496 e. The Bertz CT molecular complexity index is 426. The van der Waals surface area contributed by atoms with Gasteiger partial charge < -0.3 is 15.8 Å². The van der Waals surface area contributed by atoms with Crippen molar-refractivity contribution in [1.29, 1.82) is 0 Å². The number of hydrogen-bond donors (Lipinski definition) is 2. The van der Waals surface area contributed by atoms with Gasteiger partial charge in [-0.25, -0.2) is 0 Å². The lowest BCUT2D eigenvalue weighted by Gasteiger charge is -2.26. The highest BCUT2D eigenvalue weighted by Gasteiger charge is 2.19. The summed E-state index contributed by atoms with van der Waals surface area (Å²) in [5.41, 5.74) is 6.47. The number of hydrogen-bond acceptors (Lipinski definition) is 3. The van der Waals surface area contributed by atoms with Crippen LogP contribution >= 0.6 is 0 Å². The summed E-state index contributed by atoms with van der Waals surface area (Å²) in [5.74, 6) is 1.11. The second kappa shape index (κ2) is 6.57. The summed E-state index contributed by atoms with van der Waals surface area (Å²) in [4.78, 5) is 12.1. The van der Waals surface area contributed by atoms with Gasteiger partial charge in [-0.15, -0.1) is 0 Å². The minimum absolute atomic E-state index is 0.0627. The number of rotatable bonds is 4. The number of para-hydroxylation sites is 1. The van der Waals surface area contributed by atoms with Crippen LogP contribution in [0.15, 0.2) is 24.3 Å². The molecule has 4 nitrogen and oxygen atoms in total. The summed E-state index contributed by atoms with van der Waals surface area (Å²) in [7, 11) is 1.58. The van der Waals surface area contributed by atoms with E-state index in [1.165, 1.54) is 0 Å². The Morgan fingerprint density at radius 3 is 2.68 bits per heavy atom. The molecule has 0 aliphatic heterocycles. The molecule has 1 aromatic rings. The molecule has 0 aromatic heterocycles. The van der Waals surface area contributed by atoms with Gasteiger partial charge in [-0.2, -0.15) is 0 Å². The molecule has 0 bridgehead atoms. The summed E-state index contributed by atoms with van der Waals surface area (Å²) in [5, 5.41) is 3.00. The van der Waals surface area contributed by atoms with Crippen LogP contribution in [0.3, 0.4) is 0 Å². The number of benzene rings is 1. The zero-order valence-electron chi connectivity index (χ0n) is 11.4. The molecule has 0 radical (unpaired) electrons. The van der Waals surface area contributed by atoms with Crippen molar-refractivity contribution >= 4 is 5.91 Å². The van der Waals surface area contributed by atoms with E-state index in [0.29, 0.717) is 23.3 Å². The lowest BCUT2D eigenvalue weighted by Crippen LogP contribution is -2.34. The number of nitrogens with one attached hydrogen (secondary N) is 1. The smallest absolute Gasteiger partial charge is 0.255 e. The van der Waals surface area contributed by atoms with Gasteiger partial charge in [-0.3, -0.25) is 4.79 Å². The van der Waals surface area contributed by atoms with Crippen molar-refractivity contribution in [2.45, 2.75) is 31.7 Å². The number of carbonyl (C=O) groups excluding carboxylic acids is 1. The van der Waals surface area contributed by atoms with Crippen LogP contribution in [-0.4, -0.2) is 25.6 Å². The number of carbonyl (C=O) groups is 1. The number of methoxy groups -OCH3 is 1. The molecule has 1 aliphatic carbocycles. The van der Waals surface area contributed by atoms with E-state index in [2.05, 4.69) is 5.32 Å². The van der Waals surface area contributed by atoms with Crippen molar-refractivity contribution in [2.75, 3.05) is 13.7 Å². The molecule has 1 aromatic carbocycles. The van der Waals surface area contributed by atoms with Crippen LogP contribution in [0.1, 0.15) is 36.0 Å². The topological polar surface area (TPSA) is 64.3 Å². The Hall–Kier alpha value is -1.55. The van der Waals surface area contributed by atoms with E-state index in [1.54, 1.807) is 19.2 Å². The second-order valence-electron chi connectivity index (χ2n) is 5.19. The van der Waals surface area contributed by atoms with Crippen molar-refractivity contribution in [3.05, 3.63) is 29.8 Å². The third-order valence-electron chi connectivity index (χ3n) is 3.79. The van der Waals surface area contributed by atoms with E-state index >= 15 is 0 Å². The van der Waals surface area contributed by atoms with Gasteiger partial charge in [0.25, 0.3) is 5.91 Å². The fourth-order valence-electron chi connectivity index (χ4n) is 2.56. The minimum atomic E-state index is -0.0627. The molecule has 0 heterocycles. The molecule has 1 fully saturated rings. The largest absolute Gasteiger partial charge is 0.496 e. The van der Waals surface area contributed by atoms with E-state index in [4.69, 9.17) is 10.5 Å². The first-order valence-electron chi connectivity index (χ1n) is 6.87. The molecule has 0 atom stereocenters. The summed E-state index contributed by atoms with van der Waals surface area (Å²) in [6.07, 6.45) is 4.34. The van der Waals surface area contributed by atoms with Gasteiger partial charge >= 0.3 is 0 Å². The average molecular weight is 262 g/mol. The first-order chi connectivity index (χ1) is 9.20. The van der Waals surface area contributed by atoms with Crippen LogP contribution in [0.5, 0.6) is 5.75 Å². The normalized spacial score (nSPS) is 22.8. The van der Waals surface area contributed by atoms with Gasteiger partial charge in [0.2, 0.25) is 0 Å². The molecule has 19 heavy (non-hydrogen) atoms. The molecule has 3 N–H and O–H groups in total. The highest BCUT2D eigenvalue weighted by molar-refractivity contribution is 5.96. The van der Waals surface area contributed by atoms with Crippen LogP contribution in [0, 0.1) is 5.92 Å². The summed E-state index contributed by atoms with van der Waals surface area (Å²) < 4.78 is 5.19. The predicted molar refractivity (Wildman–Crippen MR) is 75.3 cm³/mol. The SMILES string of the molecule is COc1ccccc1C(=O)NCC1CCC(N)CC1. The first-order valence-corrected chi connectivity index (χ1v) is 6.87. The quantitative estimate of drug-likeness (QED) is 0.871. The average Bonchev–Trinajstić information content (AvgIpc) is 2.46.